The predicted octanol–water partition coefficient (Wildman–Crippen LogP) is 0.245. The first-order valence-electron chi connectivity index (χ1n) is 9.78. The first-order chi connectivity index (χ1) is 15.6. The number of thiazole rings is 1. The van der Waals surface area contributed by atoms with Crippen LogP contribution in [0.25, 0.3) is 0 Å². The summed E-state index contributed by atoms with van der Waals surface area (Å²) in [5, 5.41) is 7.56. The number of aromatic nitrogens is 1. The van der Waals surface area contributed by atoms with Gasteiger partial charge in [-0.05, 0) is 13.8 Å². The van der Waals surface area contributed by atoms with E-state index in [1.54, 1.807) is 19.2 Å². The molecule has 1 saturated heterocycles. The van der Waals surface area contributed by atoms with Gasteiger partial charge in [0.1, 0.15) is 36.5 Å². The third-order valence-electron chi connectivity index (χ3n) is 4.48. The summed E-state index contributed by atoms with van der Waals surface area (Å²) >= 11 is 2.45. The normalized spacial score (nSPS) is 20.2. The van der Waals surface area contributed by atoms with E-state index in [1.165, 1.54) is 30.7 Å². The van der Waals surface area contributed by atoms with Crippen LogP contribution in [0.4, 0.5) is 5.13 Å². The number of carbonyl (C=O) groups is 4. The third-order valence-corrected chi connectivity index (χ3v) is 6.50. The lowest BCUT2D eigenvalue weighted by molar-refractivity contribution is -0.154. The topological polar surface area (TPSA) is 163 Å². The van der Waals surface area contributed by atoms with Crippen LogP contribution < -0.4 is 11.1 Å². The zero-order valence-electron chi connectivity index (χ0n) is 18.3. The first-order valence-corrected chi connectivity index (χ1v) is 11.7. The number of esters is 2. The zero-order valence-corrected chi connectivity index (χ0v) is 19.9. The van der Waals surface area contributed by atoms with Crippen LogP contribution >= 0.6 is 23.1 Å². The van der Waals surface area contributed by atoms with Gasteiger partial charge in [0.05, 0.1) is 6.10 Å². The number of hydrogen-bond acceptors (Lipinski definition) is 12. The molecule has 1 aromatic heterocycles. The fourth-order valence-electron chi connectivity index (χ4n) is 3.14. The minimum Gasteiger partial charge on any atom is -0.461 e. The number of anilines is 1. The molecule has 3 heterocycles. The molecule has 33 heavy (non-hydrogen) atoms. The molecule has 0 spiro atoms. The van der Waals surface area contributed by atoms with Crippen molar-refractivity contribution in [1.29, 1.82) is 0 Å². The van der Waals surface area contributed by atoms with Crippen molar-refractivity contribution in [3.8, 4) is 0 Å². The second-order valence-corrected chi connectivity index (χ2v) is 9.24. The highest BCUT2D eigenvalue weighted by molar-refractivity contribution is 8.00. The van der Waals surface area contributed by atoms with Crippen LogP contribution in [-0.4, -0.2) is 76.3 Å². The Morgan fingerprint density at radius 1 is 1.39 bits per heavy atom. The second kappa shape index (κ2) is 10.2. The van der Waals surface area contributed by atoms with E-state index < -0.39 is 41.3 Å². The Hall–Kier alpha value is -3.13. The number of thioether (sulfide) groups is 1. The van der Waals surface area contributed by atoms with Gasteiger partial charge in [-0.25, -0.2) is 9.78 Å². The van der Waals surface area contributed by atoms with Crippen LogP contribution in [0.1, 0.15) is 26.5 Å². The second-order valence-electron chi connectivity index (χ2n) is 7.24. The van der Waals surface area contributed by atoms with Crippen molar-refractivity contribution in [1.82, 2.24) is 15.2 Å². The summed E-state index contributed by atoms with van der Waals surface area (Å²) in [7, 11) is 1.28. The third kappa shape index (κ3) is 5.27. The fraction of sp³-hybridized carbons (Fsp3) is 0.474. The molecule has 3 N–H and O–H groups in total. The number of hydrogen-bond donors (Lipinski definition) is 2. The SMILES string of the molecule is CON=C(C(=O)N[C@H]1C(=O)N2C(C(=O)OC(C)C)=C(COC(C)=O)CS[C@H]12)c1csc(N)n1. The molecule has 0 aliphatic carbocycles. The van der Waals surface area contributed by atoms with Gasteiger partial charge >= 0.3 is 11.9 Å². The Morgan fingerprint density at radius 3 is 2.70 bits per heavy atom. The number of rotatable bonds is 8. The van der Waals surface area contributed by atoms with Gasteiger partial charge in [0.2, 0.25) is 0 Å². The molecular formula is C19H23N5O7S2. The summed E-state index contributed by atoms with van der Waals surface area (Å²) in [4.78, 5) is 59.8. The number of nitrogens with zero attached hydrogens (tertiary/aromatic N) is 3. The van der Waals surface area contributed by atoms with Crippen molar-refractivity contribution in [2.45, 2.75) is 38.3 Å². The molecule has 0 saturated carbocycles. The highest BCUT2D eigenvalue weighted by Crippen LogP contribution is 2.41. The standard InChI is InChI=1S/C19H23N5O7S2/c1-8(2)31-18(28)14-10(5-30-9(3)25)6-32-17-13(16(27)24(14)17)22-15(26)12(23-29-4)11-7-33-19(20)21-11/h7-8,13,17H,5-6H2,1-4H3,(H2,20,21)(H,22,26)/t13-,17+/m0/s1. The number of carbonyl (C=O) groups excluding carboxylic acids is 4. The van der Waals surface area contributed by atoms with E-state index in [0.29, 0.717) is 11.3 Å². The maximum Gasteiger partial charge on any atom is 0.355 e. The quantitative estimate of drug-likeness (QED) is 0.220. The van der Waals surface area contributed by atoms with Gasteiger partial charge in [-0.3, -0.25) is 19.3 Å². The van der Waals surface area contributed by atoms with E-state index in [0.717, 1.165) is 11.3 Å². The van der Waals surface area contributed by atoms with Crippen LogP contribution in [0.15, 0.2) is 21.8 Å². The molecule has 0 unspecified atom stereocenters. The van der Waals surface area contributed by atoms with Crippen LogP contribution in [0.3, 0.4) is 0 Å². The van der Waals surface area contributed by atoms with Crippen LogP contribution in [0, 0.1) is 0 Å². The number of ether oxygens (including phenoxy) is 2. The van der Waals surface area contributed by atoms with E-state index in [1.807, 2.05) is 0 Å². The summed E-state index contributed by atoms with van der Waals surface area (Å²) < 4.78 is 10.3. The molecule has 0 radical (unpaired) electrons. The summed E-state index contributed by atoms with van der Waals surface area (Å²) in [5.74, 6) is -2.10. The number of nitrogen functional groups attached to an aromatic ring is 1. The average molecular weight is 498 g/mol. The van der Waals surface area contributed by atoms with Crippen LogP contribution in [0.2, 0.25) is 0 Å². The molecular weight excluding hydrogens is 474 g/mol. The van der Waals surface area contributed by atoms with Crippen molar-refractivity contribution in [3.05, 3.63) is 22.3 Å². The highest BCUT2D eigenvalue weighted by Gasteiger charge is 2.55. The molecule has 178 valence electrons. The number of nitrogens with two attached hydrogens (primary N) is 1. The Kier molecular flexibility index (Phi) is 7.58. The van der Waals surface area contributed by atoms with Crippen molar-refractivity contribution in [2.75, 3.05) is 25.2 Å². The Bertz CT molecular complexity index is 1040. The largest absolute Gasteiger partial charge is 0.461 e. The highest BCUT2D eigenvalue weighted by atomic mass is 32.2. The fourth-order valence-corrected chi connectivity index (χ4v) is 5.02. The summed E-state index contributed by atoms with van der Waals surface area (Å²) in [6.07, 6.45) is -0.418. The molecule has 2 aliphatic heterocycles. The van der Waals surface area contributed by atoms with Crippen molar-refractivity contribution < 1.29 is 33.5 Å². The maximum atomic E-state index is 13.0. The average Bonchev–Trinajstić information content (AvgIpc) is 3.18. The molecule has 0 aromatic carbocycles. The van der Waals surface area contributed by atoms with E-state index >= 15 is 0 Å². The predicted molar refractivity (Wildman–Crippen MR) is 120 cm³/mol. The van der Waals surface area contributed by atoms with Gasteiger partial charge in [0.25, 0.3) is 11.8 Å². The number of β-lactam (4-membered cyclic amide) rings is 1. The molecule has 1 fully saturated rings. The minimum atomic E-state index is -0.919. The van der Waals surface area contributed by atoms with Gasteiger partial charge in [-0.1, -0.05) is 5.16 Å². The zero-order chi connectivity index (χ0) is 24.3. The van der Waals surface area contributed by atoms with Crippen LogP contribution in [0.5, 0.6) is 0 Å². The van der Waals surface area contributed by atoms with Gasteiger partial charge < -0.3 is 25.4 Å². The van der Waals surface area contributed by atoms with Crippen LogP contribution in [-0.2, 0) is 33.5 Å². The van der Waals surface area contributed by atoms with E-state index in [9.17, 15) is 19.2 Å². The number of oxime groups is 1. The van der Waals surface area contributed by atoms with Crippen molar-refractivity contribution >= 4 is 57.7 Å². The number of fused-ring (bicyclic) bond motifs is 1. The maximum absolute atomic E-state index is 13.0. The molecule has 3 rings (SSSR count). The van der Waals surface area contributed by atoms with E-state index in [2.05, 4.69) is 15.5 Å². The van der Waals surface area contributed by atoms with E-state index in [-0.39, 0.29) is 28.8 Å². The summed E-state index contributed by atoms with van der Waals surface area (Å²) in [6, 6.07) is -0.919. The minimum absolute atomic E-state index is 0.0299. The molecule has 2 aliphatic rings. The van der Waals surface area contributed by atoms with Gasteiger partial charge in [-0.15, -0.1) is 23.1 Å². The molecule has 2 amide bonds. The molecule has 2 atom stereocenters. The lowest BCUT2D eigenvalue weighted by Crippen LogP contribution is -2.71. The molecule has 1 aromatic rings. The molecule has 12 nitrogen and oxygen atoms in total. The van der Waals surface area contributed by atoms with E-state index in [4.69, 9.17) is 20.0 Å². The summed E-state index contributed by atoms with van der Waals surface area (Å²) in [6.45, 7) is 4.47. The van der Waals surface area contributed by atoms with Crippen molar-refractivity contribution in [3.63, 3.8) is 0 Å². The number of amides is 2. The lowest BCUT2D eigenvalue weighted by Gasteiger charge is -2.49. The number of nitrogens with one attached hydrogen (secondary N) is 1. The Labute approximate surface area is 197 Å². The molecule has 14 heteroatoms. The summed E-state index contributed by atoms with van der Waals surface area (Å²) in [5.41, 5.74) is 6.19. The Balaban J connectivity index is 1.81. The lowest BCUT2D eigenvalue weighted by atomic mass is 10.0. The monoisotopic (exact) mass is 497 g/mol. The smallest absolute Gasteiger partial charge is 0.355 e. The van der Waals surface area contributed by atoms with Gasteiger partial charge in [0.15, 0.2) is 10.8 Å². The Morgan fingerprint density at radius 2 is 2.12 bits per heavy atom. The van der Waals surface area contributed by atoms with Gasteiger partial charge in [0, 0.05) is 23.6 Å². The van der Waals surface area contributed by atoms with Gasteiger partial charge in [-0.2, -0.15) is 0 Å². The first kappa shape index (κ1) is 24.5. The molecule has 0 bridgehead atoms. The van der Waals surface area contributed by atoms with Crippen molar-refractivity contribution in [2.24, 2.45) is 5.16 Å².